The number of likely N-dealkylation sites (N-methyl/N-ethyl adjacent to an activating group) is 1. The summed E-state index contributed by atoms with van der Waals surface area (Å²) >= 11 is 1.58. The molecule has 0 unspecified atom stereocenters. The van der Waals surface area contributed by atoms with Gasteiger partial charge in [-0.2, -0.15) is 0 Å². The number of nitrogens with zero attached hydrogens (tertiary/aromatic N) is 2. The van der Waals surface area contributed by atoms with Crippen LogP contribution in [0.4, 0.5) is 4.79 Å². The molecule has 0 saturated carbocycles. The van der Waals surface area contributed by atoms with Gasteiger partial charge in [-0.1, -0.05) is 12.1 Å². The highest BCUT2D eigenvalue weighted by Gasteiger charge is 2.16. The highest BCUT2D eigenvalue weighted by atomic mass is 32.1. The normalized spacial score (nSPS) is 12.0. The second-order valence-electron chi connectivity index (χ2n) is 5.68. The lowest BCUT2D eigenvalue weighted by atomic mass is 10.1. The summed E-state index contributed by atoms with van der Waals surface area (Å²) in [7, 11) is 5.62. The van der Waals surface area contributed by atoms with E-state index in [0.717, 1.165) is 22.0 Å². The zero-order valence-electron chi connectivity index (χ0n) is 14.5. The van der Waals surface area contributed by atoms with Gasteiger partial charge in [0.2, 0.25) is 0 Å². The van der Waals surface area contributed by atoms with Crippen LogP contribution in [0.15, 0.2) is 29.6 Å². The Morgan fingerprint density at radius 1 is 1.38 bits per heavy atom. The summed E-state index contributed by atoms with van der Waals surface area (Å²) in [5.74, 6) is 0.808. The number of carbonyl (C=O) groups is 1. The molecule has 7 heteroatoms. The van der Waals surface area contributed by atoms with E-state index in [9.17, 15) is 4.79 Å². The van der Waals surface area contributed by atoms with Crippen molar-refractivity contribution in [3.8, 4) is 5.75 Å². The average molecular weight is 348 g/mol. The van der Waals surface area contributed by atoms with E-state index in [2.05, 4.69) is 20.5 Å². The molecular formula is C17H24N4O2S. The Hall–Kier alpha value is -2.12. The number of ether oxygens (including phenoxy) is 1. The summed E-state index contributed by atoms with van der Waals surface area (Å²) in [6, 6.07) is 7.75. The Bertz CT molecular complexity index is 672. The van der Waals surface area contributed by atoms with Gasteiger partial charge in [0.05, 0.1) is 30.4 Å². The Kier molecular flexibility index (Phi) is 6.57. The molecule has 2 amide bonds. The smallest absolute Gasteiger partial charge is 0.315 e. The van der Waals surface area contributed by atoms with Gasteiger partial charge in [-0.25, -0.2) is 9.78 Å². The number of hydrogen-bond donors (Lipinski definition) is 2. The van der Waals surface area contributed by atoms with Crippen LogP contribution < -0.4 is 15.4 Å². The number of aryl methyl sites for hydroxylation is 1. The fraction of sp³-hybridized carbons (Fsp3) is 0.412. The van der Waals surface area contributed by atoms with Crippen LogP contribution >= 0.6 is 11.3 Å². The number of carbonyl (C=O) groups excluding carboxylic acids is 1. The summed E-state index contributed by atoms with van der Waals surface area (Å²) in [5, 5.41) is 8.70. The number of amides is 2. The SMILES string of the molecule is COc1cccc([C@H](CNC(=O)NCc2csc(C)n2)N(C)C)c1. The summed E-state index contributed by atoms with van der Waals surface area (Å²) in [5.41, 5.74) is 1.97. The Morgan fingerprint density at radius 3 is 2.79 bits per heavy atom. The van der Waals surface area contributed by atoms with E-state index in [1.54, 1.807) is 18.4 Å². The minimum atomic E-state index is -0.199. The summed E-state index contributed by atoms with van der Waals surface area (Å²) in [6.45, 7) is 2.88. The summed E-state index contributed by atoms with van der Waals surface area (Å²) in [6.07, 6.45) is 0. The van der Waals surface area contributed by atoms with E-state index in [4.69, 9.17) is 4.74 Å². The Labute approximate surface area is 146 Å². The lowest BCUT2D eigenvalue weighted by molar-refractivity contribution is 0.232. The van der Waals surface area contributed by atoms with Crippen molar-refractivity contribution in [1.29, 1.82) is 0 Å². The van der Waals surface area contributed by atoms with Crippen molar-refractivity contribution >= 4 is 17.4 Å². The molecule has 0 saturated heterocycles. The molecule has 0 aliphatic rings. The number of hydrogen-bond acceptors (Lipinski definition) is 5. The van der Waals surface area contributed by atoms with Crippen LogP contribution in [0.2, 0.25) is 0 Å². The minimum Gasteiger partial charge on any atom is -0.497 e. The highest BCUT2D eigenvalue weighted by Crippen LogP contribution is 2.22. The molecule has 2 rings (SSSR count). The van der Waals surface area contributed by atoms with Gasteiger partial charge in [-0.15, -0.1) is 11.3 Å². The molecule has 0 spiro atoms. The van der Waals surface area contributed by atoms with E-state index >= 15 is 0 Å². The molecule has 0 fully saturated rings. The first-order valence-corrected chi connectivity index (χ1v) is 8.60. The molecule has 2 N–H and O–H groups in total. The van der Waals surface area contributed by atoms with E-state index < -0.39 is 0 Å². The van der Waals surface area contributed by atoms with Crippen molar-refractivity contribution in [2.45, 2.75) is 19.5 Å². The number of benzene rings is 1. The molecule has 0 aliphatic carbocycles. The van der Waals surface area contributed by atoms with Gasteiger partial charge in [0.15, 0.2) is 0 Å². The first-order valence-electron chi connectivity index (χ1n) is 7.72. The van der Waals surface area contributed by atoms with Crippen molar-refractivity contribution in [1.82, 2.24) is 20.5 Å². The highest BCUT2D eigenvalue weighted by molar-refractivity contribution is 7.09. The first-order chi connectivity index (χ1) is 11.5. The predicted molar refractivity (Wildman–Crippen MR) is 96.5 cm³/mol. The molecule has 1 aromatic carbocycles. The second kappa shape index (κ2) is 8.65. The van der Waals surface area contributed by atoms with Crippen LogP contribution in [0.5, 0.6) is 5.75 Å². The van der Waals surface area contributed by atoms with E-state index in [0.29, 0.717) is 13.1 Å². The molecule has 2 aromatic rings. The van der Waals surface area contributed by atoms with Gasteiger partial charge in [0.1, 0.15) is 5.75 Å². The van der Waals surface area contributed by atoms with Crippen LogP contribution in [0.3, 0.4) is 0 Å². The van der Waals surface area contributed by atoms with Crippen molar-refractivity contribution < 1.29 is 9.53 Å². The van der Waals surface area contributed by atoms with Crippen LogP contribution in [0.25, 0.3) is 0 Å². The third-order valence-electron chi connectivity index (χ3n) is 3.65. The molecule has 0 aliphatic heterocycles. The van der Waals surface area contributed by atoms with E-state index in [-0.39, 0.29) is 12.1 Å². The minimum absolute atomic E-state index is 0.0624. The van der Waals surface area contributed by atoms with Gasteiger partial charge in [-0.3, -0.25) is 0 Å². The van der Waals surface area contributed by atoms with Gasteiger partial charge in [0, 0.05) is 11.9 Å². The molecular weight excluding hydrogens is 324 g/mol. The third-order valence-corrected chi connectivity index (χ3v) is 4.48. The largest absolute Gasteiger partial charge is 0.497 e. The fourth-order valence-electron chi connectivity index (χ4n) is 2.36. The van der Waals surface area contributed by atoms with Crippen molar-refractivity contribution in [3.05, 3.63) is 45.9 Å². The number of aromatic nitrogens is 1. The molecule has 0 bridgehead atoms. The van der Waals surface area contributed by atoms with Crippen molar-refractivity contribution in [2.75, 3.05) is 27.7 Å². The maximum absolute atomic E-state index is 12.0. The first kappa shape index (κ1) is 18.2. The maximum Gasteiger partial charge on any atom is 0.315 e. The standard InChI is InChI=1S/C17H24N4O2S/c1-12-20-14(11-24-12)9-18-17(22)19-10-16(21(2)3)13-6-5-7-15(8-13)23-4/h5-8,11,16H,9-10H2,1-4H3,(H2,18,19,22)/t16-/m0/s1. The summed E-state index contributed by atoms with van der Waals surface area (Å²) in [4.78, 5) is 18.4. The predicted octanol–water partition coefficient (Wildman–Crippen LogP) is 2.56. The summed E-state index contributed by atoms with van der Waals surface area (Å²) < 4.78 is 5.28. The zero-order valence-corrected chi connectivity index (χ0v) is 15.3. The number of methoxy groups -OCH3 is 1. The van der Waals surface area contributed by atoms with Crippen LogP contribution in [0.1, 0.15) is 22.3 Å². The quantitative estimate of drug-likeness (QED) is 0.807. The lowest BCUT2D eigenvalue weighted by Crippen LogP contribution is -2.40. The number of thiazole rings is 1. The van der Waals surface area contributed by atoms with Gasteiger partial charge < -0.3 is 20.3 Å². The molecule has 1 heterocycles. The van der Waals surface area contributed by atoms with E-state index in [1.807, 2.05) is 50.7 Å². The number of rotatable bonds is 7. The van der Waals surface area contributed by atoms with Crippen LogP contribution in [-0.4, -0.2) is 43.7 Å². The van der Waals surface area contributed by atoms with Crippen LogP contribution in [-0.2, 0) is 6.54 Å². The molecule has 0 radical (unpaired) electrons. The topological polar surface area (TPSA) is 66.5 Å². The third kappa shape index (κ3) is 5.21. The van der Waals surface area contributed by atoms with Gasteiger partial charge >= 0.3 is 6.03 Å². The fourth-order valence-corrected chi connectivity index (χ4v) is 2.97. The van der Waals surface area contributed by atoms with Gasteiger partial charge in [-0.05, 0) is 38.7 Å². The Morgan fingerprint density at radius 2 is 2.17 bits per heavy atom. The molecule has 6 nitrogen and oxygen atoms in total. The molecule has 24 heavy (non-hydrogen) atoms. The van der Waals surface area contributed by atoms with E-state index in [1.165, 1.54) is 0 Å². The van der Waals surface area contributed by atoms with Gasteiger partial charge in [0.25, 0.3) is 0 Å². The Balaban J connectivity index is 1.89. The molecule has 130 valence electrons. The maximum atomic E-state index is 12.0. The van der Waals surface area contributed by atoms with Crippen molar-refractivity contribution in [2.24, 2.45) is 0 Å². The zero-order chi connectivity index (χ0) is 17.5. The number of nitrogens with one attached hydrogen (secondary N) is 2. The second-order valence-corrected chi connectivity index (χ2v) is 6.74. The molecule has 1 aromatic heterocycles. The molecule has 1 atom stereocenters. The lowest BCUT2D eigenvalue weighted by Gasteiger charge is -2.25. The monoisotopic (exact) mass is 348 g/mol. The van der Waals surface area contributed by atoms with Crippen LogP contribution in [0, 0.1) is 6.92 Å². The van der Waals surface area contributed by atoms with Crippen molar-refractivity contribution in [3.63, 3.8) is 0 Å². The number of urea groups is 1. The average Bonchev–Trinajstić information content (AvgIpc) is 2.98.